The monoisotopic (exact) mass is 258 g/mol. The van der Waals surface area contributed by atoms with Crippen LogP contribution in [0.1, 0.15) is 37.6 Å². The van der Waals surface area contributed by atoms with Gasteiger partial charge in [0.2, 0.25) is 0 Å². The molecule has 0 saturated heterocycles. The fourth-order valence-corrected chi connectivity index (χ4v) is 2.92. The summed E-state index contributed by atoms with van der Waals surface area (Å²) in [6, 6.07) is 0. The maximum atomic E-state index is 4.35. The lowest BCUT2D eigenvalue weighted by molar-refractivity contribution is 0.732. The molecule has 1 N–H and O–H groups in total. The lowest BCUT2D eigenvalue weighted by atomic mass is 10.3. The van der Waals surface area contributed by atoms with Crippen molar-refractivity contribution in [3.8, 4) is 0 Å². The van der Waals surface area contributed by atoms with Gasteiger partial charge in [0.25, 0.3) is 0 Å². The molecule has 16 heavy (non-hydrogen) atoms. The Kier molecular flexibility index (Phi) is 5.79. The van der Waals surface area contributed by atoms with Gasteiger partial charge in [0, 0.05) is 34.7 Å². The molecule has 0 fully saturated rings. The van der Waals surface area contributed by atoms with Crippen molar-refractivity contribution in [3.63, 3.8) is 0 Å². The fraction of sp³-hybridized carbons (Fsp3) is 0.750. The highest BCUT2D eigenvalue weighted by Gasteiger charge is 2.09. The van der Waals surface area contributed by atoms with Gasteiger partial charge >= 0.3 is 0 Å². The molecule has 0 aliphatic rings. The summed E-state index contributed by atoms with van der Waals surface area (Å²) in [4.78, 5) is 5.69. The molecule has 2 nitrogen and oxygen atoms in total. The van der Waals surface area contributed by atoms with E-state index in [2.05, 4.69) is 38.0 Å². The first kappa shape index (κ1) is 14.0. The Balaban J connectivity index is 2.11. The molecule has 1 aromatic heterocycles. The molecule has 92 valence electrons. The smallest absolute Gasteiger partial charge is 0.0925 e. The van der Waals surface area contributed by atoms with E-state index in [0.29, 0.717) is 4.75 Å². The molecule has 0 bridgehead atoms. The predicted molar refractivity (Wildman–Crippen MR) is 75.4 cm³/mol. The number of thioether (sulfide) groups is 1. The number of rotatable bonds is 6. The van der Waals surface area contributed by atoms with Crippen molar-refractivity contribution in [2.24, 2.45) is 0 Å². The molecule has 1 aromatic rings. The summed E-state index contributed by atoms with van der Waals surface area (Å²) in [6.07, 6.45) is 3.04. The number of hydrogen-bond acceptors (Lipinski definition) is 4. The molecular weight excluding hydrogens is 236 g/mol. The second kappa shape index (κ2) is 6.62. The van der Waals surface area contributed by atoms with Gasteiger partial charge in [0.05, 0.1) is 5.01 Å². The SMILES string of the molecule is CCc1ncc(CNCCSC(C)(C)C)s1. The Morgan fingerprint density at radius 1 is 1.44 bits per heavy atom. The lowest BCUT2D eigenvalue weighted by Crippen LogP contribution is -2.19. The average Bonchev–Trinajstić information content (AvgIpc) is 2.63. The topological polar surface area (TPSA) is 24.9 Å². The number of hydrogen-bond donors (Lipinski definition) is 1. The third-order valence-electron chi connectivity index (χ3n) is 2.02. The summed E-state index contributed by atoms with van der Waals surface area (Å²) in [5.41, 5.74) is 0. The van der Waals surface area contributed by atoms with Crippen molar-refractivity contribution >= 4 is 23.1 Å². The third-order valence-corrected chi connectivity index (χ3v) is 4.43. The van der Waals surface area contributed by atoms with Crippen LogP contribution in [-0.4, -0.2) is 22.0 Å². The molecule has 1 rings (SSSR count). The normalized spacial score (nSPS) is 12.0. The van der Waals surface area contributed by atoms with E-state index < -0.39 is 0 Å². The molecule has 0 saturated carbocycles. The highest BCUT2D eigenvalue weighted by Crippen LogP contribution is 2.22. The van der Waals surface area contributed by atoms with Crippen LogP contribution in [-0.2, 0) is 13.0 Å². The second-order valence-corrected chi connectivity index (χ2v) is 7.83. The quantitative estimate of drug-likeness (QED) is 0.792. The molecule has 0 unspecified atom stereocenters. The van der Waals surface area contributed by atoms with E-state index in [1.54, 1.807) is 0 Å². The molecule has 0 aromatic carbocycles. The number of nitrogens with zero attached hydrogens (tertiary/aromatic N) is 1. The van der Waals surface area contributed by atoms with Crippen LogP contribution in [0, 0.1) is 0 Å². The molecule has 0 spiro atoms. The third kappa shape index (κ3) is 5.87. The van der Waals surface area contributed by atoms with Crippen molar-refractivity contribution in [2.45, 2.75) is 45.4 Å². The fourth-order valence-electron chi connectivity index (χ4n) is 1.23. The molecular formula is C12H22N2S2. The van der Waals surface area contributed by atoms with Crippen LogP contribution < -0.4 is 5.32 Å². The van der Waals surface area contributed by atoms with Crippen molar-refractivity contribution in [2.75, 3.05) is 12.3 Å². The minimum Gasteiger partial charge on any atom is -0.311 e. The van der Waals surface area contributed by atoms with Crippen molar-refractivity contribution in [1.82, 2.24) is 10.3 Å². The molecule has 4 heteroatoms. The number of thiazole rings is 1. The van der Waals surface area contributed by atoms with Crippen LogP contribution in [0.25, 0.3) is 0 Å². The van der Waals surface area contributed by atoms with Gasteiger partial charge in [-0.3, -0.25) is 0 Å². The zero-order valence-corrected chi connectivity index (χ0v) is 12.3. The average molecular weight is 258 g/mol. The predicted octanol–water partition coefficient (Wildman–Crippen LogP) is 3.33. The first-order chi connectivity index (χ1) is 7.51. The van der Waals surface area contributed by atoms with Gasteiger partial charge in [-0.05, 0) is 6.42 Å². The van der Waals surface area contributed by atoms with E-state index in [-0.39, 0.29) is 0 Å². The highest BCUT2D eigenvalue weighted by atomic mass is 32.2. The van der Waals surface area contributed by atoms with E-state index in [0.717, 1.165) is 19.5 Å². The summed E-state index contributed by atoms with van der Waals surface area (Å²) in [5.74, 6) is 1.17. The number of nitrogens with one attached hydrogen (secondary N) is 1. The summed E-state index contributed by atoms with van der Waals surface area (Å²) >= 11 is 3.82. The summed E-state index contributed by atoms with van der Waals surface area (Å²) < 4.78 is 0.377. The Labute approximate surface area is 107 Å². The van der Waals surface area contributed by atoms with Crippen molar-refractivity contribution < 1.29 is 0 Å². The number of aromatic nitrogens is 1. The van der Waals surface area contributed by atoms with Crippen LogP contribution in [0.15, 0.2) is 6.20 Å². The molecule has 0 aliphatic carbocycles. The Morgan fingerprint density at radius 2 is 2.19 bits per heavy atom. The molecule has 0 radical (unpaired) electrons. The first-order valence-corrected chi connectivity index (χ1v) is 7.59. The van der Waals surface area contributed by atoms with Gasteiger partial charge in [0.15, 0.2) is 0 Å². The molecule has 0 atom stereocenters. The van der Waals surface area contributed by atoms with Crippen molar-refractivity contribution in [1.29, 1.82) is 0 Å². The minimum absolute atomic E-state index is 0.377. The zero-order chi connectivity index (χ0) is 12.0. The van der Waals surface area contributed by atoms with Crippen LogP contribution in [0.5, 0.6) is 0 Å². The van der Waals surface area contributed by atoms with E-state index in [9.17, 15) is 0 Å². The molecule has 0 aliphatic heterocycles. The number of aryl methyl sites for hydroxylation is 1. The van der Waals surface area contributed by atoms with E-state index in [4.69, 9.17) is 0 Å². The first-order valence-electron chi connectivity index (χ1n) is 5.79. The lowest BCUT2D eigenvalue weighted by Gasteiger charge is -2.17. The van der Waals surface area contributed by atoms with Gasteiger partial charge in [-0.25, -0.2) is 4.98 Å². The zero-order valence-electron chi connectivity index (χ0n) is 10.7. The van der Waals surface area contributed by atoms with Crippen LogP contribution in [0.2, 0.25) is 0 Å². The van der Waals surface area contributed by atoms with Crippen molar-refractivity contribution in [3.05, 3.63) is 16.1 Å². The van der Waals surface area contributed by atoms with Gasteiger partial charge in [-0.2, -0.15) is 11.8 Å². The minimum atomic E-state index is 0.377. The Hall–Kier alpha value is -0.0600. The van der Waals surface area contributed by atoms with Gasteiger partial charge in [-0.15, -0.1) is 11.3 Å². The Morgan fingerprint density at radius 3 is 2.75 bits per heavy atom. The van der Waals surface area contributed by atoms with Gasteiger partial charge < -0.3 is 5.32 Å². The largest absolute Gasteiger partial charge is 0.311 e. The molecule has 1 heterocycles. The van der Waals surface area contributed by atoms with Gasteiger partial charge in [0.1, 0.15) is 0 Å². The van der Waals surface area contributed by atoms with Crippen LogP contribution in [0.4, 0.5) is 0 Å². The highest BCUT2D eigenvalue weighted by molar-refractivity contribution is 8.00. The maximum absolute atomic E-state index is 4.35. The molecule has 0 amide bonds. The van der Waals surface area contributed by atoms with E-state index in [1.165, 1.54) is 15.6 Å². The van der Waals surface area contributed by atoms with Crippen LogP contribution >= 0.6 is 23.1 Å². The standard InChI is InChI=1S/C12H22N2S2/c1-5-11-14-9-10(16-11)8-13-6-7-15-12(2,3)4/h9,13H,5-8H2,1-4H3. The summed E-state index contributed by atoms with van der Waals surface area (Å²) in [7, 11) is 0. The van der Waals surface area contributed by atoms with Gasteiger partial charge in [-0.1, -0.05) is 27.7 Å². The summed E-state index contributed by atoms with van der Waals surface area (Å²) in [6.45, 7) is 11.0. The maximum Gasteiger partial charge on any atom is 0.0925 e. The second-order valence-electron chi connectivity index (χ2n) is 4.71. The Bertz CT molecular complexity index is 302. The summed E-state index contributed by atoms with van der Waals surface area (Å²) in [5, 5.41) is 4.70. The van der Waals surface area contributed by atoms with E-state index in [1.807, 2.05) is 29.3 Å². The van der Waals surface area contributed by atoms with E-state index >= 15 is 0 Å². The van der Waals surface area contributed by atoms with Crippen LogP contribution in [0.3, 0.4) is 0 Å².